The third kappa shape index (κ3) is 3.14. The average Bonchev–Trinajstić information content (AvgIpc) is 2.70. The van der Waals surface area contributed by atoms with E-state index < -0.39 is 0 Å². The smallest absolute Gasteiger partial charge is 0.119 e. The highest BCUT2D eigenvalue weighted by atomic mass is 35.5. The summed E-state index contributed by atoms with van der Waals surface area (Å²) in [4.78, 5) is 4.29. The molecule has 0 atom stereocenters. The molecule has 0 unspecified atom stereocenters. The van der Waals surface area contributed by atoms with Crippen LogP contribution in [0, 0.1) is 0 Å². The first-order chi connectivity index (χ1) is 10.2. The monoisotopic (exact) mass is 301 g/mol. The Labute approximate surface area is 127 Å². The molecule has 0 amide bonds. The van der Waals surface area contributed by atoms with Crippen LogP contribution in [0.4, 0.5) is 4.39 Å². The zero-order chi connectivity index (χ0) is 14.7. The second kappa shape index (κ2) is 6.10. The number of halogens is 2. The van der Waals surface area contributed by atoms with Crippen LogP contribution in [-0.4, -0.2) is 4.98 Å². The van der Waals surface area contributed by atoms with Gasteiger partial charge >= 0.3 is 0 Å². The van der Waals surface area contributed by atoms with Crippen LogP contribution in [0.1, 0.15) is 12.0 Å². The van der Waals surface area contributed by atoms with Crippen molar-refractivity contribution in [3.05, 3.63) is 76.9 Å². The van der Waals surface area contributed by atoms with Gasteiger partial charge in [-0.05, 0) is 30.4 Å². The van der Waals surface area contributed by atoms with Gasteiger partial charge in [0.2, 0.25) is 0 Å². The molecule has 2 nitrogen and oxygen atoms in total. The van der Waals surface area contributed by atoms with Crippen LogP contribution in [0.25, 0.3) is 10.9 Å². The molecular weight excluding hydrogens is 289 g/mol. The molecule has 0 bridgehead atoms. The Morgan fingerprint density at radius 2 is 2.14 bits per heavy atom. The molecule has 21 heavy (non-hydrogen) atoms. The zero-order valence-corrected chi connectivity index (χ0v) is 12.0. The highest BCUT2D eigenvalue weighted by Crippen LogP contribution is 2.25. The fourth-order valence-electron chi connectivity index (χ4n) is 2.16. The Morgan fingerprint density at radius 1 is 1.24 bits per heavy atom. The van der Waals surface area contributed by atoms with E-state index in [-0.39, 0.29) is 5.83 Å². The van der Waals surface area contributed by atoms with Crippen molar-refractivity contribution in [1.29, 1.82) is 0 Å². The van der Waals surface area contributed by atoms with E-state index in [9.17, 15) is 4.39 Å². The van der Waals surface area contributed by atoms with E-state index in [1.54, 1.807) is 24.4 Å². The van der Waals surface area contributed by atoms with E-state index in [0.29, 0.717) is 23.8 Å². The number of fused-ring (bicyclic) bond motifs is 1. The molecule has 0 radical (unpaired) electrons. The van der Waals surface area contributed by atoms with Gasteiger partial charge in [0.15, 0.2) is 0 Å². The van der Waals surface area contributed by atoms with Gasteiger partial charge in [-0.2, -0.15) is 0 Å². The van der Waals surface area contributed by atoms with Crippen molar-refractivity contribution in [2.45, 2.75) is 13.0 Å². The van der Waals surface area contributed by atoms with Crippen LogP contribution in [0.15, 0.2) is 66.4 Å². The summed E-state index contributed by atoms with van der Waals surface area (Å²) in [5.74, 6) is 0.459. The van der Waals surface area contributed by atoms with Gasteiger partial charge in [-0.25, -0.2) is 4.39 Å². The lowest BCUT2D eigenvalue weighted by Gasteiger charge is -2.09. The van der Waals surface area contributed by atoms with Gasteiger partial charge in [-0.3, -0.25) is 4.98 Å². The molecule has 1 aliphatic carbocycles. The molecule has 4 heteroatoms. The predicted molar refractivity (Wildman–Crippen MR) is 82.6 cm³/mol. The largest absolute Gasteiger partial charge is 0.489 e. The van der Waals surface area contributed by atoms with Crippen molar-refractivity contribution in [1.82, 2.24) is 4.98 Å². The highest BCUT2D eigenvalue weighted by molar-refractivity contribution is 6.35. The molecule has 3 rings (SSSR count). The molecule has 1 aromatic carbocycles. The fourth-order valence-corrected chi connectivity index (χ4v) is 2.39. The second-order valence-corrected chi connectivity index (χ2v) is 5.09. The van der Waals surface area contributed by atoms with Crippen LogP contribution in [0.5, 0.6) is 0 Å². The van der Waals surface area contributed by atoms with Gasteiger partial charge in [0.1, 0.15) is 18.2 Å². The van der Waals surface area contributed by atoms with E-state index in [2.05, 4.69) is 4.98 Å². The minimum atomic E-state index is -0.175. The summed E-state index contributed by atoms with van der Waals surface area (Å²) < 4.78 is 18.9. The highest BCUT2D eigenvalue weighted by Gasteiger charge is 2.06. The molecule has 1 aromatic heterocycles. The van der Waals surface area contributed by atoms with Gasteiger partial charge in [0.05, 0.1) is 10.5 Å². The van der Waals surface area contributed by atoms with Crippen molar-refractivity contribution < 1.29 is 9.13 Å². The van der Waals surface area contributed by atoms with Gasteiger partial charge in [0, 0.05) is 23.6 Å². The number of aromatic nitrogens is 1. The summed E-state index contributed by atoms with van der Waals surface area (Å²) in [5.41, 5.74) is 1.75. The van der Waals surface area contributed by atoms with Crippen molar-refractivity contribution >= 4 is 22.5 Å². The molecule has 1 heterocycles. The average molecular weight is 302 g/mol. The zero-order valence-electron chi connectivity index (χ0n) is 11.2. The SMILES string of the molecule is FC1=CC=C(OCc2ccnc3c(Cl)cccc23)C=CC1. The molecule has 0 saturated heterocycles. The van der Waals surface area contributed by atoms with Crippen LogP contribution >= 0.6 is 11.6 Å². The van der Waals surface area contributed by atoms with E-state index >= 15 is 0 Å². The minimum absolute atomic E-state index is 0.175. The second-order valence-electron chi connectivity index (χ2n) is 4.68. The molecule has 0 saturated carbocycles. The van der Waals surface area contributed by atoms with E-state index in [1.165, 1.54) is 6.08 Å². The molecule has 106 valence electrons. The lowest BCUT2D eigenvalue weighted by molar-refractivity contribution is 0.212. The van der Waals surface area contributed by atoms with Crippen molar-refractivity contribution in [2.24, 2.45) is 0 Å². The van der Waals surface area contributed by atoms with Crippen LogP contribution in [-0.2, 0) is 11.3 Å². The number of nitrogens with zero attached hydrogens (tertiary/aromatic N) is 1. The number of hydrogen-bond acceptors (Lipinski definition) is 2. The minimum Gasteiger partial charge on any atom is -0.489 e. The topological polar surface area (TPSA) is 22.1 Å². The normalized spacial score (nSPS) is 14.6. The molecule has 0 N–H and O–H groups in total. The first kappa shape index (κ1) is 13.8. The number of allylic oxidation sites excluding steroid dienone is 5. The number of hydrogen-bond donors (Lipinski definition) is 0. The Morgan fingerprint density at radius 3 is 3.05 bits per heavy atom. The number of benzene rings is 1. The summed E-state index contributed by atoms with van der Waals surface area (Å²) in [6, 6.07) is 7.56. The van der Waals surface area contributed by atoms with Crippen LogP contribution in [0.3, 0.4) is 0 Å². The van der Waals surface area contributed by atoms with Crippen molar-refractivity contribution in [2.75, 3.05) is 0 Å². The molecule has 0 fully saturated rings. The number of pyridine rings is 1. The number of rotatable bonds is 3. The lowest BCUT2D eigenvalue weighted by Crippen LogP contribution is -1.94. The number of ether oxygens (including phenoxy) is 1. The van der Waals surface area contributed by atoms with E-state index in [1.807, 2.05) is 24.3 Å². The van der Waals surface area contributed by atoms with Gasteiger partial charge in [-0.1, -0.05) is 29.8 Å². The molecule has 1 aliphatic rings. The standard InChI is InChI=1S/C17H13ClFNO/c18-16-6-2-5-15-12(9-10-20-17(15)16)11-21-14-4-1-3-13(19)7-8-14/h1-2,4-10H,3,11H2. The Bertz CT molecular complexity index is 764. The first-order valence-electron chi connectivity index (χ1n) is 6.62. The van der Waals surface area contributed by atoms with Crippen LogP contribution in [0.2, 0.25) is 5.02 Å². The van der Waals surface area contributed by atoms with Crippen molar-refractivity contribution in [3.8, 4) is 0 Å². The number of para-hydroxylation sites is 1. The Kier molecular flexibility index (Phi) is 4.02. The summed E-state index contributed by atoms with van der Waals surface area (Å²) in [6.07, 6.45) is 8.60. The fraction of sp³-hybridized carbons (Fsp3) is 0.118. The molecule has 2 aromatic rings. The molecular formula is C17H13ClFNO. The van der Waals surface area contributed by atoms with Gasteiger partial charge < -0.3 is 4.74 Å². The summed E-state index contributed by atoms with van der Waals surface area (Å²) in [7, 11) is 0. The van der Waals surface area contributed by atoms with E-state index in [4.69, 9.17) is 16.3 Å². The summed E-state index contributed by atoms with van der Waals surface area (Å²) >= 11 is 6.14. The molecule has 0 spiro atoms. The predicted octanol–water partition coefficient (Wildman–Crippen LogP) is 5.10. The quantitative estimate of drug-likeness (QED) is 0.786. The maximum atomic E-state index is 13.1. The maximum absolute atomic E-state index is 13.1. The van der Waals surface area contributed by atoms with Crippen LogP contribution < -0.4 is 0 Å². The first-order valence-corrected chi connectivity index (χ1v) is 6.99. The Balaban J connectivity index is 1.85. The third-order valence-electron chi connectivity index (χ3n) is 3.23. The summed E-state index contributed by atoms with van der Waals surface area (Å²) in [5, 5.41) is 1.58. The van der Waals surface area contributed by atoms with E-state index in [0.717, 1.165) is 16.5 Å². The maximum Gasteiger partial charge on any atom is 0.119 e. The third-order valence-corrected chi connectivity index (χ3v) is 3.53. The summed E-state index contributed by atoms with van der Waals surface area (Å²) in [6.45, 7) is 0.380. The molecule has 0 aliphatic heterocycles. The van der Waals surface area contributed by atoms with Gasteiger partial charge in [0.25, 0.3) is 0 Å². The Hall–Kier alpha value is -2.13. The lowest BCUT2D eigenvalue weighted by atomic mass is 10.1. The van der Waals surface area contributed by atoms with Crippen molar-refractivity contribution in [3.63, 3.8) is 0 Å². The van der Waals surface area contributed by atoms with Gasteiger partial charge in [-0.15, -0.1) is 0 Å².